The van der Waals surface area contributed by atoms with Gasteiger partial charge < -0.3 is 5.43 Å². The van der Waals surface area contributed by atoms with Crippen molar-refractivity contribution in [1.29, 1.82) is 0 Å². The SMILES string of the molecule is CC(NNc1ccc(Cl)cc1)c1cccnc1. The number of hydrogen-bond acceptors (Lipinski definition) is 3. The molecule has 1 aromatic heterocycles. The average Bonchev–Trinajstić information content (AvgIpc) is 2.39. The Morgan fingerprint density at radius 2 is 1.94 bits per heavy atom. The minimum Gasteiger partial charge on any atom is -0.321 e. The zero-order valence-electron chi connectivity index (χ0n) is 9.52. The van der Waals surface area contributed by atoms with Crippen molar-refractivity contribution in [2.45, 2.75) is 13.0 Å². The molecule has 1 unspecified atom stereocenters. The topological polar surface area (TPSA) is 37.0 Å². The zero-order valence-corrected chi connectivity index (χ0v) is 10.3. The van der Waals surface area contributed by atoms with Gasteiger partial charge in [0.1, 0.15) is 0 Å². The maximum Gasteiger partial charge on any atom is 0.0496 e. The number of hydrazine groups is 1. The number of pyridine rings is 1. The highest BCUT2D eigenvalue weighted by Crippen LogP contribution is 2.14. The Balaban J connectivity index is 1.92. The molecule has 1 heterocycles. The molecule has 0 radical (unpaired) electrons. The van der Waals surface area contributed by atoms with E-state index in [9.17, 15) is 0 Å². The second kappa shape index (κ2) is 5.66. The molecule has 0 fully saturated rings. The second-order valence-electron chi connectivity index (χ2n) is 3.78. The van der Waals surface area contributed by atoms with Crippen LogP contribution < -0.4 is 10.9 Å². The summed E-state index contributed by atoms with van der Waals surface area (Å²) in [6.45, 7) is 2.07. The van der Waals surface area contributed by atoms with Gasteiger partial charge >= 0.3 is 0 Å². The third kappa shape index (κ3) is 3.44. The molecular formula is C13H14ClN3. The van der Waals surface area contributed by atoms with Crippen LogP contribution in [-0.4, -0.2) is 4.98 Å². The van der Waals surface area contributed by atoms with Gasteiger partial charge in [0.25, 0.3) is 0 Å². The van der Waals surface area contributed by atoms with Crippen LogP contribution in [0.3, 0.4) is 0 Å². The first-order chi connectivity index (χ1) is 8.25. The van der Waals surface area contributed by atoms with E-state index in [1.165, 1.54) is 0 Å². The van der Waals surface area contributed by atoms with Gasteiger partial charge in [0.15, 0.2) is 0 Å². The highest BCUT2D eigenvalue weighted by atomic mass is 35.5. The summed E-state index contributed by atoms with van der Waals surface area (Å²) in [4.78, 5) is 4.09. The minimum absolute atomic E-state index is 0.180. The molecule has 0 saturated carbocycles. The number of nitrogens with one attached hydrogen (secondary N) is 2. The zero-order chi connectivity index (χ0) is 12.1. The van der Waals surface area contributed by atoms with E-state index in [-0.39, 0.29) is 6.04 Å². The number of aromatic nitrogens is 1. The summed E-state index contributed by atoms with van der Waals surface area (Å²) >= 11 is 5.81. The fraction of sp³-hybridized carbons (Fsp3) is 0.154. The van der Waals surface area contributed by atoms with E-state index in [1.54, 1.807) is 6.20 Å². The van der Waals surface area contributed by atoms with Crippen molar-refractivity contribution in [3.05, 3.63) is 59.4 Å². The van der Waals surface area contributed by atoms with E-state index in [2.05, 4.69) is 22.8 Å². The Labute approximate surface area is 106 Å². The molecule has 2 rings (SSSR count). The number of anilines is 1. The normalized spacial score (nSPS) is 12.1. The molecule has 3 nitrogen and oxygen atoms in total. The number of nitrogens with zero attached hydrogens (tertiary/aromatic N) is 1. The first kappa shape index (κ1) is 11.9. The highest BCUT2D eigenvalue weighted by Gasteiger charge is 2.03. The van der Waals surface area contributed by atoms with Gasteiger partial charge in [-0.2, -0.15) is 0 Å². The molecule has 1 atom stereocenters. The molecule has 88 valence electrons. The van der Waals surface area contributed by atoms with Gasteiger partial charge in [-0.05, 0) is 42.8 Å². The third-order valence-electron chi connectivity index (χ3n) is 2.46. The summed E-state index contributed by atoms with van der Waals surface area (Å²) < 4.78 is 0. The predicted molar refractivity (Wildman–Crippen MR) is 70.9 cm³/mol. The lowest BCUT2D eigenvalue weighted by Crippen LogP contribution is -2.25. The molecule has 17 heavy (non-hydrogen) atoms. The van der Waals surface area contributed by atoms with Crippen molar-refractivity contribution in [3.8, 4) is 0 Å². The van der Waals surface area contributed by atoms with Crippen molar-refractivity contribution in [1.82, 2.24) is 10.4 Å². The summed E-state index contributed by atoms with van der Waals surface area (Å²) in [6, 6.07) is 11.7. The van der Waals surface area contributed by atoms with Crippen LogP contribution in [0.5, 0.6) is 0 Å². The highest BCUT2D eigenvalue weighted by molar-refractivity contribution is 6.30. The molecule has 0 aliphatic carbocycles. The number of hydrogen-bond donors (Lipinski definition) is 2. The third-order valence-corrected chi connectivity index (χ3v) is 2.71. The van der Waals surface area contributed by atoms with Gasteiger partial charge in [0.2, 0.25) is 0 Å². The van der Waals surface area contributed by atoms with E-state index in [0.29, 0.717) is 0 Å². The van der Waals surface area contributed by atoms with Gasteiger partial charge in [-0.3, -0.25) is 4.98 Å². The summed E-state index contributed by atoms with van der Waals surface area (Å²) in [7, 11) is 0. The van der Waals surface area contributed by atoms with E-state index >= 15 is 0 Å². The van der Waals surface area contributed by atoms with E-state index in [0.717, 1.165) is 16.3 Å². The van der Waals surface area contributed by atoms with Crippen molar-refractivity contribution < 1.29 is 0 Å². The number of benzene rings is 1. The van der Waals surface area contributed by atoms with E-state index < -0.39 is 0 Å². The number of halogens is 1. The second-order valence-corrected chi connectivity index (χ2v) is 4.22. The first-order valence-corrected chi connectivity index (χ1v) is 5.80. The average molecular weight is 248 g/mol. The summed E-state index contributed by atoms with van der Waals surface area (Å²) in [5.41, 5.74) is 8.45. The molecule has 2 N–H and O–H groups in total. The summed E-state index contributed by atoms with van der Waals surface area (Å²) in [6.07, 6.45) is 3.62. The fourth-order valence-corrected chi connectivity index (χ4v) is 1.57. The first-order valence-electron chi connectivity index (χ1n) is 5.43. The molecule has 0 aliphatic rings. The lowest BCUT2D eigenvalue weighted by atomic mass is 10.1. The van der Waals surface area contributed by atoms with Crippen molar-refractivity contribution in [2.24, 2.45) is 0 Å². The largest absolute Gasteiger partial charge is 0.321 e. The molecule has 4 heteroatoms. The quantitative estimate of drug-likeness (QED) is 0.813. The van der Waals surface area contributed by atoms with Crippen molar-refractivity contribution in [3.63, 3.8) is 0 Å². The Morgan fingerprint density at radius 3 is 2.59 bits per heavy atom. The van der Waals surface area contributed by atoms with Gasteiger partial charge in [-0.15, -0.1) is 0 Å². The molecule has 0 spiro atoms. The summed E-state index contributed by atoms with van der Waals surface area (Å²) in [5.74, 6) is 0. The van der Waals surface area contributed by atoms with Gasteiger partial charge in [0.05, 0.1) is 0 Å². The van der Waals surface area contributed by atoms with Gasteiger partial charge in [-0.1, -0.05) is 17.7 Å². The molecule has 0 amide bonds. The van der Waals surface area contributed by atoms with Crippen LogP contribution in [0.1, 0.15) is 18.5 Å². The molecule has 0 saturated heterocycles. The molecular weight excluding hydrogens is 234 g/mol. The lowest BCUT2D eigenvalue weighted by molar-refractivity contribution is 0.641. The van der Waals surface area contributed by atoms with Crippen LogP contribution in [0.25, 0.3) is 0 Å². The van der Waals surface area contributed by atoms with Crippen LogP contribution >= 0.6 is 11.6 Å². The van der Waals surface area contributed by atoms with Gasteiger partial charge in [0, 0.05) is 29.1 Å². The van der Waals surface area contributed by atoms with Crippen LogP contribution in [0, 0.1) is 0 Å². The van der Waals surface area contributed by atoms with Crippen LogP contribution in [-0.2, 0) is 0 Å². The Hall–Kier alpha value is -1.58. The fourth-order valence-electron chi connectivity index (χ4n) is 1.44. The standard InChI is InChI=1S/C13H14ClN3/c1-10(11-3-2-8-15-9-11)16-17-13-6-4-12(14)5-7-13/h2-10,16-17H,1H3. The molecule has 2 aromatic rings. The van der Waals surface area contributed by atoms with Crippen LogP contribution in [0.2, 0.25) is 5.02 Å². The van der Waals surface area contributed by atoms with Gasteiger partial charge in [-0.25, -0.2) is 5.43 Å². The van der Waals surface area contributed by atoms with E-state index in [4.69, 9.17) is 11.6 Å². The maximum absolute atomic E-state index is 5.81. The molecule has 0 aliphatic heterocycles. The maximum atomic E-state index is 5.81. The van der Waals surface area contributed by atoms with Crippen LogP contribution in [0.15, 0.2) is 48.8 Å². The van der Waals surface area contributed by atoms with Crippen molar-refractivity contribution >= 4 is 17.3 Å². The Bertz CT molecular complexity index is 456. The molecule has 1 aromatic carbocycles. The lowest BCUT2D eigenvalue weighted by Gasteiger charge is -2.15. The monoisotopic (exact) mass is 247 g/mol. The number of rotatable bonds is 4. The minimum atomic E-state index is 0.180. The van der Waals surface area contributed by atoms with Crippen LogP contribution in [0.4, 0.5) is 5.69 Å². The molecule has 0 bridgehead atoms. The Kier molecular flexibility index (Phi) is 3.96. The predicted octanol–water partition coefficient (Wildman–Crippen LogP) is 3.41. The summed E-state index contributed by atoms with van der Waals surface area (Å²) in [5, 5.41) is 0.732. The smallest absolute Gasteiger partial charge is 0.0496 e. The van der Waals surface area contributed by atoms with E-state index in [1.807, 2.05) is 42.6 Å². The Morgan fingerprint density at radius 1 is 1.18 bits per heavy atom. The van der Waals surface area contributed by atoms with Crippen molar-refractivity contribution in [2.75, 3.05) is 5.43 Å².